The fourth-order valence-corrected chi connectivity index (χ4v) is 5.96. The van der Waals surface area contributed by atoms with E-state index in [1.807, 2.05) is 0 Å². The van der Waals surface area contributed by atoms with E-state index in [0.29, 0.717) is 33.8 Å². The van der Waals surface area contributed by atoms with Crippen LogP contribution in [0.15, 0.2) is 23.3 Å². The largest absolute Gasteiger partial charge is 0.352 e. The summed E-state index contributed by atoms with van der Waals surface area (Å²) >= 11 is 6.03. The average Bonchev–Trinajstić information content (AvgIpc) is 2.71. The van der Waals surface area contributed by atoms with Gasteiger partial charge in [0.2, 0.25) is 5.91 Å². The molecular weight excluding hydrogens is 416 g/mol. The molecule has 1 aromatic carbocycles. The molecule has 4 bridgehead atoms. The van der Waals surface area contributed by atoms with Crippen molar-refractivity contribution >= 4 is 40.7 Å². The fraction of sp³-hybridized carbons (Fsp3) is 0.565. The number of rotatable bonds is 5. The highest BCUT2D eigenvalue weighted by molar-refractivity contribution is 6.40. The molecule has 0 radical (unpaired) electrons. The number of anilines is 1. The maximum absolute atomic E-state index is 12.5. The molecule has 31 heavy (non-hydrogen) atoms. The zero-order chi connectivity index (χ0) is 22.1. The van der Waals surface area contributed by atoms with Crippen LogP contribution in [0.25, 0.3) is 0 Å². The molecule has 0 aliphatic heterocycles. The Morgan fingerprint density at radius 3 is 2.32 bits per heavy atom. The topological polar surface area (TPSA) is 99.7 Å². The highest BCUT2D eigenvalue weighted by atomic mass is 35.5. The van der Waals surface area contributed by atoms with Gasteiger partial charge in [-0.1, -0.05) is 17.7 Å². The summed E-state index contributed by atoms with van der Waals surface area (Å²) in [6.07, 6.45) is 6.43. The van der Waals surface area contributed by atoms with Crippen LogP contribution in [-0.2, 0) is 14.4 Å². The highest BCUT2D eigenvalue weighted by Crippen LogP contribution is 2.53. The van der Waals surface area contributed by atoms with Crippen LogP contribution in [0.1, 0.15) is 51.0 Å². The highest BCUT2D eigenvalue weighted by Gasteiger charge is 2.48. The van der Waals surface area contributed by atoms with Gasteiger partial charge in [0.25, 0.3) is 0 Å². The average molecular weight is 445 g/mol. The third-order valence-electron chi connectivity index (χ3n) is 7.04. The minimum absolute atomic E-state index is 0.0769. The van der Waals surface area contributed by atoms with Crippen molar-refractivity contribution in [2.75, 3.05) is 5.32 Å². The van der Waals surface area contributed by atoms with Gasteiger partial charge in [-0.15, -0.1) is 0 Å². The number of hydrogen-bond acceptors (Lipinski definition) is 4. The number of nitrogens with zero attached hydrogens (tertiary/aromatic N) is 1. The van der Waals surface area contributed by atoms with E-state index < -0.39 is 11.8 Å². The summed E-state index contributed by atoms with van der Waals surface area (Å²) in [5.74, 6) is 1.10. The summed E-state index contributed by atoms with van der Waals surface area (Å²) in [7, 11) is 0. The van der Waals surface area contributed by atoms with Crippen molar-refractivity contribution in [1.82, 2.24) is 10.7 Å². The Morgan fingerprint density at radius 1 is 1.03 bits per heavy atom. The Bertz CT molecular complexity index is 901. The number of hydrogen-bond donors (Lipinski definition) is 3. The molecular formula is C23H29ClN4O3. The second kappa shape index (κ2) is 8.99. The Morgan fingerprint density at radius 2 is 1.68 bits per heavy atom. The molecule has 5 rings (SSSR count). The van der Waals surface area contributed by atoms with Crippen molar-refractivity contribution < 1.29 is 14.4 Å². The van der Waals surface area contributed by atoms with Gasteiger partial charge in [-0.05, 0) is 87.3 Å². The molecule has 0 unspecified atom stereocenters. The number of hydrazone groups is 1. The smallest absolute Gasteiger partial charge is 0.329 e. The second-order valence-electron chi connectivity index (χ2n) is 9.36. The molecule has 0 saturated heterocycles. The predicted molar refractivity (Wildman–Crippen MR) is 120 cm³/mol. The van der Waals surface area contributed by atoms with Gasteiger partial charge in [-0.25, -0.2) is 5.43 Å². The third kappa shape index (κ3) is 4.92. The van der Waals surface area contributed by atoms with Crippen LogP contribution >= 0.6 is 11.6 Å². The molecule has 4 saturated carbocycles. The van der Waals surface area contributed by atoms with E-state index in [9.17, 15) is 14.4 Å². The van der Waals surface area contributed by atoms with Gasteiger partial charge in [0, 0.05) is 22.5 Å². The Kier molecular flexibility index (Phi) is 6.32. The van der Waals surface area contributed by atoms with Crippen molar-refractivity contribution in [2.24, 2.45) is 28.8 Å². The van der Waals surface area contributed by atoms with Crippen LogP contribution in [0, 0.1) is 30.6 Å². The molecule has 3 amide bonds. The van der Waals surface area contributed by atoms with Crippen LogP contribution in [-0.4, -0.2) is 29.5 Å². The minimum atomic E-state index is -0.903. The molecule has 0 aromatic heterocycles. The molecule has 8 heteroatoms. The van der Waals surface area contributed by atoms with E-state index in [4.69, 9.17) is 11.6 Å². The lowest BCUT2D eigenvalue weighted by Gasteiger charge is -2.54. The molecule has 3 N–H and O–H groups in total. The van der Waals surface area contributed by atoms with E-state index in [0.717, 1.165) is 11.8 Å². The van der Waals surface area contributed by atoms with E-state index >= 15 is 0 Å². The number of halogens is 1. The molecule has 0 heterocycles. The summed E-state index contributed by atoms with van der Waals surface area (Å²) in [4.78, 5) is 36.7. The summed E-state index contributed by atoms with van der Waals surface area (Å²) in [5.41, 5.74) is 3.80. The fourth-order valence-electron chi connectivity index (χ4n) is 5.79. The van der Waals surface area contributed by atoms with Gasteiger partial charge in [0.05, 0.1) is 6.42 Å². The first-order valence-corrected chi connectivity index (χ1v) is 11.4. The zero-order valence-corrected chi connectivity index (χ0v) is 18.7. The molecule has 4 aliphatic carbocycles. The molecule has 4 aliphatic rings. The van der Waals surface area contributed by atoms with Crippen molar-refractivity contribution in [1.29, 1.82) is 0 Å². The van der Waals surface area contributed by atoms with Crippen molar-refractivity contribution in [3.63, 3.8) is 0 Å². The first-order chi connectivity index (χ1) is 14.8. The van der Waals surface area contributed by atoms with Crippen LogP contribution in [0.2, 0.25) is 5.02 Å². The van der Waals surface area contributed by atoms with E-state index in [1.54, 1.807) is 32.0 Å². The summed E-state index contributed by atoms with van der Waals surface area (Å²) in [5, 5.41) is 10.2. The summed E-state index contributed by atoms with van der Waals surface area (Å²) in [6, 6.07) is 5.33. The predicted octanol–water partition coefficient (Wildman–Crippen LogP) is 3.41. The third-order valence-corrected chi connectivity index (χ3v) is 7.45. The van der Waals surface area contributed by atoms with Gasteiger partial charge in [-0.2, -0.15) is 5.10 Å². The standard InChI is InChI=1S/C23H29ClN4O3/c1-12(27-28-23(31)22(30)25-19-5-3-4-18(24)13(19)2)6-20(29)26-21-16-8-14-7-15(10-16)11-17(21)9-14/h3-5,14-17,21H,6-11H2,1-2H3,(H,25,30)(H,26,29)(H,28,31)/b27-12+. The lowest BCUT2D eigenvalue weighted by molar-refractivity contribution is -0.136. The first-order valence-electron chi connectivity index (χ1n) is 11.0. The lowest BCUT2D eigenvalue weighted by atomic mass is 9.54. The lowest BCUT2D eigenvalue weighted by Crippen LogP contribution is -2.56. The number of amides is 3. The van der Waals surface area contributed by atoms with E-state index in [1.165, 1.54) is 32.1 Å². The number of carbonyl (C=O) groups is 3. The normalized spacial score (nSPS) is 28.9. The van der Waals surface area contributed by atoms with Gasteiger partial charge < -0.3 is 10.6 Å². The molecule has 0 atom stereocenters. The second-order valence-corrected chi connectivity index (χ2v) is 9.76. The van der Waals surface area contributed by atoms with E-state index in [-0.39, 0.29) is 18.4 Å². The molecule has 0 spiro atoms. The van der Waals surface area contributed by atoms with Gasteiger partial charge >= 0.3 is 11.8 Å². The van der Waals surface area contributed by atoms with Crippen molar-refractivity contribution in [3.8, 4) is 0 Å². The van der Waals surface area contributed by atoms with Crippen LogP contribution in [0.4, 0.5) is 5.69 Å². The summed E-state index contributed by atoms with van der Waals surface area (Å²) in [6.45, 7) is 3.41. The zero-order valence-electron chi connectivity index (χ0n) is 17.9. The van der Waals surface area contributed by atoms with Crippen molar-refractivity contribution in [3.05, 3.63) is 28.8 Å². The van der Waals surface area contributed by atoms with Gasteiger partial charge in [0.15, 0.2) is 0 Å². The van der Waals surface area contributed by atoms with Gasteiger partial charge in [-0.3, -0.25) is 14.4 Å². The SMILES string of the molecule is C/C(CC(=O)NC1C2CC3CC(C2)CC1C3)=N\NC(=O)C(=O)Nc1cccc(Cl)c1C. The maximum Gasteiger partial charge on any atom is 0.329 e. The van der Waals surface area contributed by atoms with Crippen LogP contribution in [0.5, 0.6) is 0 Å². The molecule has 166 valence electrons. The van der Waals surface area contributed by atoms with Crippen LogP contribution in [0.3, 0.4) is 0 Å². The van der Waals surface area contributed by atoms with E-state index in [2.05, 4.69) is 21.2 Å². The minimum Gasteiger partial charge on any atom is -0.352 e. The summed E-state index contributed by atoms with van der Waals surface area (Å²) < 4.78 is 0. The van der Waals surface area contributed by atoms with Crippen LogP contribution < -0.4 is 16.1 Å². The number of nitrogens with one attached hydrogen (secondary N) is 3. The molecule has 1 aromatic rings. The Balaban J connectivity index is 1.25. The molecule has 4 fully saturated rings. The number of benzene rings is 1. The quantitative estimate of drug-likeness (QED) is 0.368. The van der Waals surface area contributed by atoms with Crippen molar-refractivity contribution in [2.45, 2.75) is 58.4 Å². The molecule has 7 nitrogen and oxygen atoms in total. The first kappa shape index (κ1) is 21.8. The maximum atomic E-state index is 12.5. The van der Waals surface area contributed by atoms with Gasteiger partial charge in [0.1, 0.15) is 0 Å². The Labute approximate surface area is 187 Å². The number of carbonyl (C=O) groups excluding carboxylic acids is 3. The monoisotopic (exact) mass is 444 g/mol. The Hall–Kier alpha value is -2.41.